The van der Waals surface area contributed by atoms with E-state index in [0.29, 0.717) is 6.42 Å². The summed E-state index contributed by atoms with van der Waals surface area (Å²) < 4.78 is 4.75. The predicted octanol–water partition coefficient (Wildman–Crippen LogP) is -0.176. The monoisotopic (exact) mass is 174 g/mol. The van der Waals surface area contributed by atoms with Crippen LogP contribution < -0.4 is 0 Å². The minimum absolute atomic E-state index is 0.507. The maximum absolute atomic E-state index is 10.7. The highest BCUT2D eigenvalue weighted by Gasteiger charge is 2.41. The van der Waals surface area contributed by atoms with Gasteiger partial charge in [-0.05, 0) is 12.8 Å². The van der Waals surface area contributed by atoms with Crippen LogP contribution in [0, 0.1) is 0 Å². The van der Waals surface area contributed by atoms with E-state index in [-0.39, 0.29) is 0 Å². The topological polar surface area (TPSA) is 66.8 Å². The summed E-state index contributed by atoms with van der Waals surface area (Å²) in [6.07, 6.45) is -0.387. The number of cyclic esters (lactones) is 1. The molecule has 4 nitrogen and oxygen atoms in total. The number of carbonyl (C=O) groups is 1. The average molecular weight is 174 g/mol. The van der Waals surface area contributed by atoms with Crippen molar-refractivity contribution in [3.05, 3.63) is 0 Å². The zero-order valence-electron chi connectivity index (χ0n) is 7.06. The molecule has 12 heavy (non-hydrogen) atoms. The maximum atomic E-state index is 10.7. The first kappa shape index (κ1) is 9.48. The van der Waals surface area contributed by atoms with Crippen molar-refractivity contribution in [2.45, 2.75) is 44.5 Å². The van der Waals surface area contributed by atoms with Crippen LogP contribution in [0.1, 0.15) is 26.2 Å². The number of unbranched alkanes of at least 4 members (excludes halogenated alkanes) is 1. The number of carbonyl (C=O) groups excluding carboxylic acids is 1. The molecule has 1 heterocycles. The molecule has 3 atom stereocenters. The standard InChI is InChI=1S/C8H14O4/c1-2-3-4-5-6(9)7(10)8(11)12-5/h5-7,9-10H,2-4H2,1H3/t5-,6-,7-/m1/s1. The van der Waals surface area contributed by atoms with Gasteiger partial charge in [-0.1, -0.05) is 13.3 Å². The predicted molar refractivity (Wildman–Crippen MR) is 41.4 cm³/mol. The van der Waals surface area contributed by atoms with Gasteiger partial charge in [0, 0.05) is 0 Å². The average Bonchev–Trinajstić information content (AvgIpc) is 2.30. The fourth-order valence-electron chi connectivity index (χ4n) is 1.27. The third-order valence-corrected chi connectivity index (χ3v) is 2.06. The second-order valence-electron chi connectivity index (χ2n) is 3.05. The lowest BCUT2D eigenvalue weighted by Crippen LogP contribution is -2.30. The fraction of sp³-hybridized carbons (Fsp3) is 0.875. The van der Waals surface area contributed by atoms with Gasteiger partial charge in [0.15, 0.2) is 6.10 Å². The van der Waals surface area contributed by atoms with Crippen LogP contribution in [0.3, 0.4) is 0 Å². The maximum Gasteiger partial charge on any atom is 0.338 e. The summed E-state index contributed by atoms with van der Waals surface area (Å²) in [6, 6.07) is 0. The first-order valence-electron chi connectivity index (χ1n) is 4.23. The highest BCUT2D eigenvalue weighted by Crippen LogP contribution is 2.20. The Balaban J connectivity index is 2.41. The Hall–Kier alpha value is -0.610. The molecule has 0 bridgehead atoms. The van der Waals surface area contributed by atoms with E-state index in [4.69, 9.17) is 9.84 Å². The molecule has 0 spiro atoms. The van der Waals surface area contributed by atoms with E-state index in [9.17, 15) is 9.90 Å². The van der Waals surface area contributed by atoms with Gasteiger partial charge in [0.25, 0.3) is 0 Å². The molecule has 1 aliphatic rings. The van der Waals surface area contributed by atoms with E-state index in [1.165, 1.54) is 0 Å². The number of hydrogen-bond donors (Lipinski definition) is 2. The van der Waals surface area contributed by atoms with E-state index in [0.717, 1.165) is 12.8 Å². The third-order valence-electron chi connectivity index (χ3n) is 2.06. The van der Waals surface area contributed by atoms with Crippen LogP contribution in [-0.2, 0) is 9.53 Å². The van der Waals surface area contributed by atoms with Crippen molar-refractivity contribution < 1.29 is 19.7 Å². The Bertz CT molecular complexity index is 168. The van der Waals surface area contributed by atoms with Crippen LogP contribution >= 0.6 is 0 Å². The SMILES string of the molecule is CCCC[C@H]1OC(=O)[C@H](O)[C@@H]1O. The lowest BCUT2D eigenvalue weighted by atomic mass is 10.1. The van der Waals surface area contributed by atoms with Crippen molar-refractivity contribution in [1.82, 2.24) is 0 Å². The van der Waals surface area contributed by atoms with Crippen molar-refractivity contribution in [1.29, 1.82) is 0 Å². The van der Waals surface area contributed by atoms with Gasteiger partial charge in [0.2, 0.25) is 0 Å². The molecular formula is C8H14O4. The molecule has 0 saturated carbocycles. The van der Waals surface area contributed by atoms with Crippen LogP contribution in [0.5, 0.6) is 0 Å². The molecule has 0 aromatic carbocycles. The number of hydrogen-bond acceptors (Lipinski definition) is 4. The molecule has 1 aliphatic heterocycles. The molecule has 4 heteroatoms. The van der Waals surface area contributed by atoms with E-state index >= 15 is 0 Å². The van der Waals surface area contributed by atoms with E-state index in [1.807, 2.05) is 6.92 Å². The van der Waals surface area contributed by atoms with Crippen molar-refractivity contribution >= 4 is 5.97 Å². The number of aliphatic hydroxyl groups is 2. The summed E-state index contributed by atoms with van der Waals surface area (Å²) >= 11 is 0. The summed E-state index contributed by atoms with van der Waals surface area (Å²) in [5.74, 6) is -0.705. The first-order valence-corrected chi connectivity index (χ1v) is 4.23. The molecule has 0 aliphatic carbocycles. The molecule has 0 unspecified atom stereocenters. The zero-order valence-corrected chi connectivity index (χ0v) is 7.06. The van der Waals surface area contributed by atoms with Crippen molar-refractivity contribution in [3.8, 4) is 0 Å². The van der Waals surface area contributed by atoms with Crippen LogP contribution in [0.25, 0.3) is 0 Å². The zero-order chi connectivity index (χ0) is 9.14. The summed E-state index contributed by atoms with van der Waals surface area (Å²) in [5.41, 5.74) is 0. The lowest BCUT2D eigenvalue weighted by molar-refractivity contribution is -0.147. The van der Waals surface area contributed by atoms with Crippen molar-refractivity contribution in [2.75, 3.05) is 0 Å². The Labute approximate surface area is 71.2 Å². The third kappa shape index (κ3) is 1.76. The molecule has 1 saturated heterocycles. The highest BCUT2D eigenvalue weighted by molar-refractivity contribution is 5.77. The van der Waals surface area contributed by atoms with Gasteiger partial charge in [-0.25, -0.2) is 4.79 Å². The van der Waals surface area contributed by atoms with Crippen LogP contribution in [0.15, 0.2) is 0 Å². The van der Waals surface area contributed by atoms with Crippen molar-refractivity contribution in [3.63, 3.8) is 0 Å². The number of aliphatic hydroxyl groups excluding tert-OH is 2. The number of rotatable bonds is 3. The summed E-state index contributed by atoms with van der Waals surface area (Å²) in [7, 11) is 0. The van der Waals surface area contributed by atoms with Gasteiger partial charge in [0.05, 0.1) is 0 Å². The quantitative estimate of drug-likeness (QED) is 0.583. The van der Waals surface area contributed by atoms with E-state index in [2.05, 4.69) is 0 Å². The van der Waals surface area contributed by atoms with E-state index in [1.54, 1.807) is 0 Å². The van der Waals surface area contributed by atoms with Gasteiger partial charge < -0.3 is 14.9 Å². The minimum Gasteiger partial charge on any atom is -0.457 e. The van der Waals surface area contributed by atoms with E-state index < -0.39 is 24.3 Å². The highest BCUT2D eigenvalue weighted by atomic mass is 16.6. The molecule has 2 N–H and O–H groups in total. The van der Waals surface area contributed by atoms with Crippen molar-refractivity contribution in [2.24, 2.45) is 0 Å². The van der Waals surface area contributed by atoms with Gasteiger partial charge in [-0.15, -0.1) is 0 Å². The molecular weight excluding hydrogens is 160 g/mol. The van der Waals surface area contributed by atoms with Gasteiger partial charge in [-0.2, -0.15) is 0 Å². The Morgan fingerprint density at radius 2 is 2.17 bits per heavy atom. The molecule has 0 aromatic rings. The van der Waals surface area contributed by atoms with Gasteiger partial charge in [0.1, 0.15) is 12.2 Å². The first-order chi connectivity index (χ1) is 5.66. The minimum atomic E-state index is -1.34. The summed E-state index contributed by atoms with van der Waals surface area (Å²) in [6.45, 7) is 2.01. The van der Waals surface area contributed by atoms with Crippen LogP contribution in [0.2, 0.25) is 0 Å². The smallest absolute Gasteiger partial charge is 0.338 e. The molecule has 1 fully saturated rings. The number of ether oxygens (including phenoxy) is 1. The normalized spacial score (nSPS) is 35.2. The molecule has 70 valence electrons. The second-order valence-corrected chi connectivity index (χ2v) is 3.05. The molecule has 0 radical (unpaired) electrons. The molecule has 0 aromatic heterocycles. The Morgan fingerprint density at radius 3 is 2.58 bits per heavy atom. The van der Waals surface area contributed by atoms with Gasteiger partial charge >= 0.3 is 5.97 Å². The molecule has 0 amide bonds. The number of esters is 1. The molecule has 1 rings (SSSR count). The summed E-state index contributed by atoms with van der Waals surface area (Å²) in [4.78, 5) is 10.7. The fourth-order valence-corrected chi connectivity index (χ4v) is 1.27. The Kier molecular flexibility index (Phi) is 3.05. The second kappa shape index (κ2) is 3.87. The van der Waals surface area contributed by atoms with Crippen LogP contribution in [0.4, 0.5) is 0 Å². The largest absolute Gasteiger partial charge is 0.457 e. The van der Waals surface area contributed by atoms with Crippen LogP contribution in [-0.4, -0.2) is 34.5 Å². The lowest BCUT2D eigenvalue weighted by Gasteiger charge is -2.11. The Morgan fingerprint density at radius 1 is 1.50 bits per heavy atom. The summed E-state index contributed by atoms with van der Waals surface area (Å²) in [5, 5.41) is 18.3. The van der Waals surface area contributed by atoms with Gasteiger partial charge in [-0.3, -0.25) is 0 Å².